The lowest BCUT2D eigenvalue weighted by Crippen LogP contribution is -2.56. The van der Waals surface area contributed by atoms with Crippen molar-refractivity contribution in [1.82, 2.24) is 20.0 Å². The molecule has 0 aromatic heterocycles. The molecule has 3 fully saturated rings. The van der Waals surface area contributed by atoms with Gasteiger partial charge in [0.2, 0.25) is 0 Å². The average Bonchev–Trinajstić information content (AvgIpc) is 3.14. The topological polar surface area (TPSA) is 43.3 Å². The number of hydrogen-bond donors (Lipinski definition) is 1. The number of halogens is 1. The van der Waals surface area contributed by atoms with Gasteiger partial charge in [-0.15, -0.1) is 24.0 Å². The number of rotatable bonds is 4. The smallest absolute Gasteiger partial charge is 0.193 e. The predicted octanol–water partition coefficient (Wildman–Crippen LogP) is 1.85. The maximum Gasteiger partial charge on any atom is 0.193 e. The Hall–Kier alpha value is -0.120. The van der Waals surface area contributed by atoms with Gasteiger partial charge >= 0.3 is 0 Å². The SMILES string of the molecule is CN=C(NCC1(N(C)C)CCCCC1)N1CCC(N2CCOCC2)C1.I. The summed E-state index contributed by atoms with van der Waals surface area (Å²) < 4.78 is 5.50. The number of ether oxygens (including phenoxy) is 1. The van der Waals surface area contributed by atoms with Crippen LogP contribution in [-0.4, -0.2) is 99.3 Å². The second-order valence-corrected chi connectivity index (χ2v) is 8.12. The van der Waals surface area contributed by atoms with E-state index in [1.54, 1.807) is 0 Å². The van der Waals surface area contributed by atoms with Crippen LogP contribution in [0.25, 0.3) is 0 Å². The van der Waals surface area contributed by atoms with Crippen LogP contribution in [0.5, 0.6) is 0 Å². The van der Waals surface area contributed by atoms with Crippen LogP contribution in [0, 0.1) is 0 Å². The Morgan fingerprint density at radius 3 is 2.46 bits per heavy atom. The van der Waals surface area contributed by atoms with Crippen molar-refractivity contribution in [3.05, 3.63) is 0 Å². The molecule has 0 bridgehead atoms. The molecule has 3 rings (SSSR count). The molecule has 1 saturated carbocycles. The van der Waals surface area contributed by atoms with Gasteiger partial charge in [-0.25, -0.2) is 0 Å². The molecule has 2 saturated heterocycles. The lowest BCUT2D eigenvalue weighted by molar-refractivity contribution is 0.0194. The highest BCUT2D eigenvalue weighted by Gasteiger charge is 2.35. The Morgan fingerprint density at radius 2 is 1.85 bits per heavy atom. The van der Waals surface area contributed by atoms with Crippen molar-refractivity contribution in [1.29, 1.82) is 0 Å². The van der Waals surface area contributed by atoms with Gasteiger partial charge in [0, 0.05) is 51.4 Å². The Bertz CT molecular complexity index is 447. The first-order valence-corrected chi connectivity index (χ1v) is 10.1. The van der Waals surface area contributed by atoms with E-state index in [9.17, 15) is 0 Å². The van der Waals surface area contributed by atoms with Crippen molar-refractivity contribution in [2.75, 3.05) is 67.1 Å². The summed E-state index contributed by atoms with van der Waals surface area (Å²) in [6, 6.07) is 0.653. The Morgan fingerprint density at radius 1 is 1.15 bits per heavy atom. The summed E-state index contributed by atoms with van der Waals surface area (Å²) in [6.07, 6.45) is 7.90. The van der Waals surface area contributed by atoms with E-state index in [1.807, 2.05) is 7.05 Å². The number of likely N-dealkylation sites (tertiary alicyclic amines) is 1. The molecule has 2 aliphatic heterocycles. The van der Waals surface area contributed by atoms with Gasteiger partial charge in [-0.05, 0) is 33.4 Å². The third kappa shape index (κ3) is 5.23. The Labute approximate surface area is 176 Å². The third-order valence-electron chi connectivity index (χ3n) is 6.55. The summed E-state index contributed by atoms with van der Waals surface area (Å²) in [5.41, 5.74) is 0.289. The Kier molecular flexibility index (Phi) is 8.90. The molecule has 0 amide bonds. The van der Waals surface area contributed by atoms with E-state index in [4.69, 9.17) is 4.74 Å². The molecule has 0 radical (unpaired) electrons. The van der Waals surface area contributed by atoms with E-state index in [1.165, 1.54) is 38.5 Å². The number of hydrogen-bond acceptors (Lipinski definition) is 4. The average molecular weight is 479 g/mol. The molecule has 0 aromatic carbocycles. The molecule has 0 spiro atoms. The molecule has 1 aliphatic carbocycles. The monoisotopic (exact) mass is 479 g/mol. The van der Waals surface area contributed by atoms with E-state index in [0.717, 1.165) is 51.9 Å². The van der Waals surface area contributed by atoms with E-state index < -0.39 is 0 Å². The van der Waals surface area contributed by atoms with Gasteiger partial charge in [0.15, 0.2) is 5.96 Å². The van der Waals surface area contributed by atoms with Crippen LogP contribution >= 0.6 is 24.0 Å². The van der Waals surface area contributed by atoms with Gasteiger partial charge in [-0.1, -0.05) is 19.3 Å². The van der Waals surface area contributed by atoms with Crippen molar-refractivity contribution < 1.29 is 4.74 Å². The highest BCUT2D eigenvalue weighted by molar-refractivity contribution is 14.0. The Balaban J connectivity index is 0.00000243. The van der Waals surface area contributed by atoms with Gasteiger partial charge in [-0.2, -0.15) is 0 Å². The fourth-order valence-electron chi connectivity index (χ4n) is 4.74. The first-order chi connectivity index (χ1) is 12.1. The summed E-state index contributed by atoms with van der Waals surface area (Å²) in [5.74, 6) is 1.09. The maximum atomic E-state index is 5.50. The predicted molar refractivity (Wildman–Crippen MR) is 119 cm³/mol. The van der Waals surface area contributed by atoms with Crippen LogP contribution in [0.2, 0.25) is 0 Å². The van der Waals surface area contributed by atoms with Crippen LogP contribution in [-0.2, 0) is 4.74 Å². The number of guanidine groups is 1. The van der Waals surface area contributed by atoms with Gasteiger partial charge in [0.1, 0.15) is 0 Å². The molecule has 1 atom stereocenters. The molecule has 152 valence electrons. The minimum Gasteiger partial charge on any atom is -0.379 e. The van der Waals surface area contributed by atoms with Gasteiger partial charge in [-0.3, -0.25) is 9.89 Å². The lowest BCUT2D eigenvalue weighted by Gasteiger charge is -2.43. The summed E-state index contributed by atoms with van der Waals surface area (Å²) in [5, 5.41) is 3.72. The van der Waals surface area contributed by atoms with E-state index in [2.05, 4.69) is 39.1 Å². The maximum absolute atomic E-state index is 5.50. The fraction of sp³-hybridized carbons (Fsp3) is 0.947. The molecule has 1 N–H and O–H groups in total. The second-order valence-electron chi connectivity index (χ2n) is 8.12. The van der Waals surface area contributed by atoms with Crippen LogP contribution in [0.4, 0.5) is 0 Å². The van der Waals surface area contributed by atoms with E-state index in [-0.39, 0.29) is 29.5 Å². The van der Waals surface area contributed by atoms with Crippen LogP contribution < -0.4 is 5.32 Å². The minimum absolute atomic E-state index is 0. The quantitative estimate of drug-likeness (QED) is 0.379. The third-order valence-corrected chi connectivity index (χ3v) is 6.55. The van der Waals surface area contributed by atoms with Crippen molar-refractivity contribution in [2.24, 2.45) is 4.99 Å². The zero-order valence-electron chi connectivity index (χ0n) is 16.9. The molecule has 26 heavy (non-hydrogen) atoms. The molecule has 6 nitrogen and oxygen atoms in total. The largest absolute Gasteiger partial charge is 0.379 e. The standard InChI is InChI=1S/C19H37N5O.HI/c1-20-18(21-16-19(22(2)3)8-5-4-6-9-19)24-10-7-17(15-24)23-11-13-25-14-12-23;/h17H,4-16H2,1-3H3,(H,20,21);1H. The fourth-order valence-corrected chi connectivity index (χ4v) is 4.74. The number of morpholine rings is 1. The highest BCUT2D eigenvalue weighted by atomic mass is 127. The van der Waals surface area contributed by atoms with Gasteiger partial charge in [0.25, 0.3) is 0 Å². The molecule has 3 aliphatic rings. The highest BCUT2D eigenvalue weighted by Crippen LogP contribution is 2.31. The van der Waals surface area contributed by atoms with Crippen molar-refractivity contribution in [3.8, 4) is 0 Å². The van der Waals surface area contributed by atoms with Crippen LogP contribution in [0.3, 0.4) is 0 Å². The van der Waals surface area contributed by atoms with Crippen molar-refractivity contribution >= 4 is 29.9 Å². The van der Waals surface area contributed by atoms with Crippen molar-refractivity contribution in [3.63, 3.8) is 0 Å². The van der Waals surface area contributed by atoms with Crippen molar-refractivity contribution in [2.45, 2.75) is 50.1 Å². The van der Waals surface area contributed by atoms with Crippen LogP contribution in [0.15, 0.2) is 4.99 Å². The van der Waals surface area contributed by atoms with E-state index >= 15 is 0 Å². The number of likely N-dealkylation sites (N-methyl/N-ethyl adjacent to an activating group) is 1. The molecular weight excluding hydrogens is 441 g/mol. The molecular formula is C19H38IN5O. The minimum atomic E-state index is 0. The lowest BCUT2D eigenvalue weighted by atomic mass is 9.80. The molecule has 2 heterocycles. The summed E-state index contributed by atoms with van der Waals surface area (Å²) in [6.45, 7) is 7.13. The van der Waals surface area contributed by atoms with E-state index in [0.29, 0.717) is 6.04 Å². The molecule has 0 aromatic rings. The summed E-state index contributed by atoms with van der Waals surface area (Å²) >= 11 is 0. The zero-order valence-corrected chi connectivity index (χ0v) is 19.2. The molecule has 7 heteroatoms. The first kappa shape index (κ1) is 22.2. The summed E-state index contributed by atoms with van der Waals surface area (Å²) in [7, 11) is 6.40. The summed E-state index contributed by atoms with van der Waals surface area (Å²) in [4.78, 5) is 12.1. The normalized spacial score (nSPS) is 27.5. The number of nitrogens with one attached hydrogen (secondary N) is 1. The van der Waals surface area contributed by atoms with Gasteiger partial charge in [0.05, 0.1) is 13.2 Å². The number of nitrogens with zero attached hydrogens (tertiary/aromatic N) is 4. The second kappa shape index (κ2) is 10.4. The number of aliphatic imine (C=N–C) groups is 1. The van der Waals surface area contributed by atoms with Crippen LogP contribution in [0.1, 0.15) is 38.5 Å². The first-order valence-electron chi connectivity index (χ1n) is 10.1. The van der Waals surface area contributed by atoms with Gasteiger partial charge < -0.3 is 19.9 Å². The molecule has 1 unspecified atom stereocenters. The zero-order chi connectivity index (χ0) is 17.7.